The van der Waals surface area contributed by atoms with Crippen molar-refractivity contribution >= 4 is 27.5 Å². The number of nitrogens with one attached hydrogen (secondary N) is 1. The molecule has 1 amide bonds. The summed E-state index contributed by atoms with van der Waals surface area (Å²) in [5.74, 6) is 0.830. The van der Waals surface area contributed by atoms with E-state index in [0.717, 1.165) is 29.7 Å². The second kappa shape index (κ2) is 10.0. The third-order valence-electron chi connectivity index (χ3n) is 5.41. The number of carbonyl (C=O) groups excluding carboxylic acids is 1. The standard InChI is InChI=1S/C23H29ClN2O4S/c1-16-6-9-26(10-7-16)31(28,29)20-4-5-22(24)21(15-20)23(27)25-8-11-30-19-13-17(2)12-18(3)14-19/h4-5,12-16H,6-11H2,1-3H3,(H,25,27). The molecule has 0 spiro atoms. The van der Waals surface area contributed by atoms with E-state index in [1.807, 2.05) is 26.0 Å². The number of hydrogen-bond donors (Lipinski definition) is 1. The molecule has 1 heterocycles. The van der Waals surface area contributed by atoms with Gasteiger partial charge in [-0.3, -0.25) is 4.79 Å². The first-order valence-corrected chi connectivity index (χ1v) is 12.3. The van der Waals surface area contributed by atoms with Gasteiger partial charge in [-0.15, -0.1) is 0 Å². The van der Waals surface area contributed by atoms with Crippen LogP contribution in [0.1, 0.15) is 41.3 Å². The first-order chi connectivity index (χ1) is 14.7. The van der Waals surface area contributed by atoms with Gasteiger partial charge in [-0.1, -0.05) is 24.6 Å². The zero-order valence-electron chi connectivity index (χ0n) is 18.2. The van der Waals surface area contributed by atoms with Crippen LogP contribution in [0.25, 0.3) is 0 Å². The highest BCUT2D eigenvalue weighted by atomic mass is 35.5. The van der Waals surface area contributed by atoms with Crippen LogP contribution in [0.15, 0.2) is 41.3 Å². The molecule has 0 radical (unpaired) electrons. The molecule has 31 heavy (non-hydrogen) atoms. The van der Waals surface area contributed by atoms with E-state index in [-0.39, 0.29) is 28.6 Å². The molecule has 0 aliphatic carbocycles. The number of halogens is 1. The molecule has 0 aromatic heterocycles. The molecule has 0 saturated carbocycles. The first kappa shape index (κ1) is 23.6. The molecule has 0 unspecified atom stereocenters. The van der Waals surface area contributed by atoms with Crippen molar-refractivity contribution in [2.75, 3.05) is 26.2 Å². The number of hydrogen-bond acceptors (Lipinski definition) is 4. The van der Waals surface area contributed by atoms with Gasteiger partial charge in [0, 0.05) is 13.1 Å². The third-order valence-corrected chi connectivity index (χ3v) is 7.64. The van der Waals surface area contributed by atoms with Crippen molar-refractivity contribution in [3.8, 4) is 5.75 Å². The van der Waals surface area contributed by atoms with Crippen LogP contribution in [0.3, 0.4) is 0 Å². The van der Waals surface area contributed by atoms with Crippen molar-refractivity contribution < 1.29 is 17.9 Å². The summed E-state index contributed by atoms with van der Waals surface area (Å²) in [5, 5.41) is 2.95. The summed E-state index contributed by atoms with van der Waals surface area (Å²) >= 11 is 6.19. The monoisotopic (exact) mass is 464 g/mol. The summed E-state index contributed by atoms with van der Waals surface area (Å²) in [6.45, 7) is 7.65. The number of aryl methyl sites for hydroxylation is 2. The molecular formula is C23H29ClN2O4S. The molecule has 0 atom stereocenters. The number of piperidine rings is 1. The number of rotatable bonds is 7. The van der Waals surface area contributed by atoms with E-state index in [2.05, 4.69) is 18.3 Å². The average molecular weight is 465 g/mol. The molecule has 1 N–H and O–H groups in total. The maximum absolute atomic E-state index is 13.0. The van der Waals surface area contributed by atoms with Crippen molar-refractivity contribution in [2.24, 2.45) is 5.92 Å². The Labute approximate surface area is 189 Å². The maximum Gasteiger partial charge on any atom is 0.252 e. The van der Waals surface area contributed by atoms with Crippen LogP contribution in [0.4, 0.5) is 0 Å². The molecule has 2 aromatic carbocycles. The Hall–Kier alpha value is -2.09. The topological polar surface area (TPSA) is 75.7 Å². The fraction of sp³-hybridized carbons (Fsp3) is 0.435. The van der Waals surface area contributed by atoms with Crippen molar-refractivity contribution in [3.63, 3.8) is 0 Å². The highest BCUT2D eigenvalue weighted by Crippen LogP contribution is 2.26. The van der Waals surface area contributed by atoms with Crippen LogP contribution >= 0.6 is 11.6 Å². The zero-order valence-corrected chi connectivity index (χ0v) is 19.7. The van der Waals surface area contributed by atoms with Gasteiger partial charge in [-0.05, 0) is 74.1 Å². The number of ether oxygens (including phenoxy) is 1. The van der Waals surface area contributed by atoms with Gasteiger partial charge in [0.2, 0.25) is 10.0 Å². The minimum atomic E-state index is -3.66. The van der Waals surface area contributed by atoms with Crippen LogP contribution in [0.5, 0.6) is 5.75 Å². The summed E-state index contributed by atoms with van der Waals surface area (Å²) in [6, 6.07) is 10.2. The summed E-state index contributed by atoms with van der Waals surface area (Å²) in [7, 11) is -3.66. The summed E-state index contributed by atoms with van der Waals surface area (Å²) in [4.78, 5) is 12.7. The van der Waals surface area contributed by atoms with E-state index in [0.29, 0.717) is 19.0 Å². The lowest BCUT2D eigenvalue weighted by molar-refractivity contribution is 0.0947. The Balaban J connectivity index is 1.63. The Morgan fingerprint density at radius 2 is 1.77 bits per heavy atom. The van der Waals surface area contributed by atoms with E-state index < -0.39 is 15.9 Å². The van der Waals surface area contributed by atoms with E-state index in [1.165, 1.54) is 22.5 Å². The van der Waals surface area contributed by atoms with Crippen LogP contribution in [-0.4, -0.2) is 44.9 Å². The molecule has 2 aromatic rings. The van der Waals surface area contributed by atoms with Gasteiger partial charge < -0.3 is 10.1 Å². The second-order valence-corrected chi connectivity index (χ2v) is 10.5. The fourth-order valence-electron chi connectivity index (χ4n) is 3.66. The molecule has 6 nitrogen and oxygen atoms in total. The summed E-state index contributed by atoms with van der Waals surface area (Å²) in [5.41, 5.74) is 2.35. The second-order valence-electron chi connectivity index (χ2n) is 8.16. The predicted molar refractivity (Wildman–Crippen MR) is 122 cm³/mol. The fourth-order valence-corrected chi connectivity index (χ4v) is 5.36. The Morgan fingerprint density at radius 1 is 1.13 bits per heavy atom. The Bertz CT molecular complexity index is 1030. The van der Waals surface area contributed by atoms with Gasteiger partial charge in [0.25, 0.3) is 5.91 Å². The van der Waals surface area contributed by atoms with Crippen LogP contribution in [0, 0.1) is 19.8 Å². The van der Waals surface area contributed by atoms with Gasteiger partial charge in [0.15, 0.2) is 0 Å². The van der Waals surface area contributed by atoms with E-state index in [9.17, 15) is 13.2 Å². The van der Waals surface area contributed by atoms with Crippen LogP contribution in [0.2, 0.25) is 5.02 Å². The van der Waals surface area contributed by atoms with Gasteiger partial charge in [0.05, 0.1) is 22.0 Å². The molecule has 1 aliphatic heterocycles. The molecule has 1 fully saturated rings. The summed E-state index contributed by atoms with van der Waals surface area (Å²) in [6.07, 6.45) is 1.67. The molecule has 1 saturated heterocycles. The molecule has 8 heteroatoms. The molecular weight excluding hydrogens is 436 g/mol. The minimum absolute atomic E-state index is 0.0862. The summed E-state index contributed by atoms with van der Waals surface area (Å²) < 4.78 is 33.1. The lowest BCUT2D eigenvalue weighted by Crippen LogP contribution is -2.38. The minimum Gasteiger partial charge on any atom is -0.492 e. The molecule has 3 rings (SSSR count). The normalized spacial score (nSPS) is 15.6. The molecule has 0 bridgehead atoms. The maximum atomic E-state index is 13.0. The largest absolute Gasteiger partial charge is 0.492 e. The average Bonchev–Trinajstić information content (AvgIpc) is 2.71. The highest BCUT2D eigenvalue weighted by molar-refractivity contribution is 7.89. The van der Waals surface area contributed by atoms with Crippen molar-refractivity contribution in [2.45, 2.75) is 38.5 Å². The van der Waals surface area contributed by atoms with Gasteiger partial charge in [-0.2, -0.15) is 4.31 Å². The van der Waals surface area contributed by atoms with Crippen molar-refractivity contribution in [1.82, 2.24) is 9.62 Å². The number of benzene rings is 2. The highest BCUT2D eigenvalue weighted by Gasteiger charge is 2.29. The Morgan fingerprint density at radius 3 is 2.42 bits per heavy atom. The SMILES string of the molecule is Cc1cc(C)cc(OCCNC(=O)c2cc(S(=O)(=O)N3CCC(C)CC3)ccc2Cl)c1. The predicted octanol–water partition coefficient (Wildman–Crippen LogP) is 4.19. The quantitative estimate of drug-likeness (QED) is 0.623. The van der Waals surface area contributed by atoms with Gasteiger partial charge >= 0.3 is 0 Å². The number of amides is 1. The van der Waals surface area contributed by atoms with Gasteiger partial charge in [0.1, 0.15) is 12.4 Å². The van der Waals surface area contributed by atoms with E-state index in [1.54, 1.807) is 0 Å². The van der Waals surface area contributed by atoms with Crippen molar-refractivity contribution in [1.29, 1.82) is 0 Å². The lowest BCUT2D eigenvalue weighted by atomic mass is 10.0. The zero-order chi connectivity index (χ0) is 22.6. The van der Waals surface area contributed by atoms with Crippen molar-refractivity contribution in [3.05, 3.63) is 58.1 Å². The Kier molecular flexibility index (Phi) is 7.62. The lowest BCUT2D eigenvalue weighted by Gasteiger charge is -2.29. The third kappa shape index (κ3) is 5.99. The van der Waals surface area contributed by atoms with Crippen LogP contribution < -0.4 is 10.1 Å². The number of sulfonamides is 1. The van der Waals surface area contributed by atoms with Crippen LogP contribution in [-0.2, 0) is 10.0 Å². The van der Waals surface area contributed by atoms with E-state index in [4.69, 9.17) is 16.3 Å². The number of carbonyl (C=O) groups is 1. The number of nitrogens with zero attached hydrogens (tertiary/aromatic N) is 1. The molecule has 168 valence electrons. The first-order valence-electron chi connectivity index (χ1n) is 10.5. The molecule has 1 aliphatic rings. The smallest absolute Gasteiger partial charge is 0.252 e. The van der Waals surface area contributed by atoms with Gasteiger partial charge in [-0.25, -0.2) is 8.42 Å². The van der Waals surface area contributed by atoms with E-state index >= 15 is 0 Å².